The number of nitrogens with one attached hydrogen (secondary N) is 1. The van der Waals surface area contributed by atoms with E-state index in [1.807, 2.05) is 42.2 Å². The van der Waals surface area contributed by atoms with E-state index in [1.54, 1.807) is 13.3 Å². The van der Waals surface area contributed by atoms with Crippen LogP contribution in [0.4, 0.5) is 5.69 Å². The second-order valence-electron chi connectivity index (χ2n) is 8.96. The molecule has 6 heteroatoms. The Morgan fingerprint density at radius 2 is 2.06 bits per heavy atom. The molecule has 1 aliphatic heterocycles. The number of aliphatic hydroxyl groups excluding tert-OH is 1. The highest BCUT2D eigenvalue weighted by Gasteiger charge is 2.35. The van der Waals surface area contributed by atoms with E-state index in [9.17, 15) is 9.90 Å². The predicted molar refractivity (Wildman–Crippen MR) is 134 cm³/mol. The molecule has 2 unspecified atom stereocenters. The van der Waals surface area contributed by atoms with Gasteiger partial charge in [-0.05, 0) is 62.4 Å². The number of ether oxygens (including phenoxy) is 1. The first-order chi connectivity index (χ1) is 16.5. The summed E-state index contributed by atoms with van der Waals surface area (Å²) in [6, 6.07) is 17.5. The van der Waals surface area contributed by atoms with Crippen molar-refractivity contribution in [1.82, 2.24) is 9.88 Å². The van der Waals surface area contributed by atoms with Crippen molar-refractivity contribution in [2.24, 2.45) is 0 Å². The number of hydrogen-bond donors (Lipinski definition) is 2. The molecule has 2 heterocycles. The van der Waals surface area contributed by atoms with E-state index >= 15 is 0 Å². The fourth-order valence-corrected chi connectivity index (χ4v) is 4.66. The minimum Gasteiger partial charge on any atom is -0.497 e. The molecule has 2 atom stereocenters. The van der Waals surface area contributed by atoms with Crippen LogP contribution in [-0.2, 0) is 11.2 Å². The highest BCUT2D eigenvalue weighted by atomic mass is 16.5. The number of aliphatic hydroxyl groups is 1. The monoisotopic (exact) mass is 459 g/mol. The van der Waals surface area contributed by atoms with E-state index < -0.39 is 6.04 Å². The van der Waals surface area contributed by atoms with Gasteiger partial charge in [0.25, 0.3) is 0 Å². The highest BCUT2D eigenvalue weighted by molar-refractivity contribution is 5.87. The van der Waals surface area contributed by atoms with Crippen LogP contribution in [0, 0.1) is 13.8 Å². The lowest BCUT2D eigenvalue weighted by molar-refractivity contribution is -0.133. The number of likely N-dealkylation sites (tertiary alicyclic amines) is 1. The van der Waals surface area contributed by atoms with Gasteiger partial charge in [-0.3, -0.25) is 9.78 Å². The Bertz CT molecular complexity index is 1130. The van der Waals surface area contributed by atoms with E-state index in [0.717, 1.165) is 41.9 Å². The molecule has 3 aromatic rings. The van der Waals surface area contributed by atoms with Gasteiger partial charge in [0.15, 0.2) is 0 Å². The summed E-state index contributed by atoms with van der Waals surface area (Å²) in [6.07, 6.45) is 4.21. The van der Waals surface area contributed by atoms with Gasteiger partial charge in [-0.15, -0.1) is 0 Å². The third-order valence-corrected chi connectivity index (χ3v) is 6.39. The van der Waals surface area contributed by atoms with Gasteiger partial charge >= 0.3 is 0 Å². The molecule has 0 radical (unpaired) electrons. The molecule has 178 valence electrons. The van der Waals surface area contributed by atoms with E-state index in [1.165, 1.54) is 11.1 Å². The third kappa shape index (κ3) is 5.39. The number of methoxy groups -OCH3 is 1. The number of aromatic nitrogens is 1. The maximum absolute atomic E-state index is 14.0. The molecule has 2 aromatic carbocycles. The zero-order valence-corrected chi connectivity index (χ0v) is 20.1. The van der Waals surface area contributed by atoms with Crippen LogP contribution in [0.1, 0.15) is 52.9 Å². The number of carbonyl (C=O) groups is 1. The number of hydrogen-bond acceptors (Lipinski definition) is 5. The normalized spacial score (nSPS) is 16.4. The van der Waals surface area contributed by atoms with Crippen molar-refractivity contribution in [2.75, 3.05) is 25.6 Å². The molecule has 4 rings (SSSR count). The van der Waals surface area contributed by atoms with Crippen molar-refractivity contribution in [3.8, 4) is 5.75 Å². The molecule has 6 nitrogen and oxygen atoms in total. The van der Waals surface area contributed by atoms with Crippen LogP contribution < -0.4 is 10.1 Å². The number of benzene rings is 2. The number of nitrogens with zero attached hydrogens (tertiary/aromatic N) is 2. The lowest BCUT2D eigenvalue weighted by Gasteiger charge is -2.30. The highest BCUT2D eigenvalue weighted by Crippen LogP contribution is 2.36. The van der Waals surface area contributed by atoms with Gasteiger partial charge in [-0.25, -0.2) is 0 Å². The minimum absolute atomic E-state index is 0.0289. The molecular formula is C28H33N3O3. The van der Waals surface area contributed by atoms with Gasteiger partial charge in [0, 0.05) is 42.4 Å². The molecule has 1 amide bonds. The van der Waals surface area contributed by atoms with Gasteiger partial charge in [-0.2, -0.15) is 0 Å². The van der Waals surface area contributed by atoms with Crippen molar-refractivity contribution in [3.63, 3.8) is 0 Å². The average molecular weight is 460 g/mol. The SMILES string of the molecule is COc1cc(CCO)cc(NC(C(=O)N2CCCC2c2cccc(C)c2)c2ccc(C)nc2)c1. The molecule has 0 bridgehead atoms. The molecule has 1 aromatic heterocycles. The van der Waals surface area contributed by atoms with E-state index in [4.69, 9.17) is 4.74 Å². The predicted octanol–water partition coefficient (Wildman–Crippen LogP) is 4.76. The van der Waals surface area contributed by atoms with Gasteiger partial charge in [-0.1, -0.05) is 35.9 Å². The van der Waals surface area contributed by atoms with Crippen LogP contribution in [0.25, 0.3) is 0 Å². The molecule has 1 aliphatic rings. The van der Waals surface area contributed by atoms with Gasteiger partial charge in [0.2, 0.25) is 5.91 Å². The number of amides is 1. The molecule has 34 heavy (non-hydrogen) atoms. The average Bonchev–Trinajstić information content (AvgIpc) is 3.33. The molecule has 0 spiro atoms. The summed E-state index contributed by atoms with van der Waals surface area (Å²) in [5.41, 5.74) is 5.81. The first-order valence-corrected chi connectivity index (χ1v) is 11.8. The Morgan fingerprint density at radius 3 is 2.76 bits per heavy atom. The lowest BCUT2D eigenvalue weighted by Crippen LogP contribution is -2.37. The van der Waals surface area contributed by atoms with Gasteiger partial charge in [0.05, 0.1) is 13.2 Å². The first-order valence-electron chi connectivity index (χ1n) is 11.8. The second-order valence-corrected chi connectivity index (χ2v) is 8.96. The fraction of sp³-hybridized carbons (Fsp3) is 0.357. The van der Waals surface area contributed by atoms with Crippen molar-refractivity contribution in [2.45, 2.75) is 45.2 Å². The van der Waals surface area contributed by atoms with Crippen molar-refractivity contribution >= 4 is 11.6 Å². The largest absolute Gasteiger partial charge is 0.497 e. The number of pyridine rings is 1. The summed E-state index contributed by atoms with van der Waals surface area (Å²) in [5, 5.41) is 12.9. The van der Waals surface area contributed by atoms with E-state index in [2.05, 4.69) is 41.5 Å². The summed E-state index contributed by atoms with van der Waals surface area (Å²) >= 11 is 0. The quantitative estimate of drug-likeness (QED) is 0.508. The van der Waals surface area contributed by atoms with Crippen LogP contribution >= 0.6 is 0 Å². The Hall–Kier alpha value is -3.38. The smallest absolute Gasteiger partial charge is 0.250 e. The first kappa shape index (κ1) is 23.8. The van der Waals surface area contributed by atoms with Crippen molar-refractivity contribution < 1.29 is 14.6 Å². The fourth-order valence-electron chi connectivity index (χ4n) is 4.66. The summed E-state index contributed by atoms with van der Waals surface area (Å²) in [7, 11) is 1.62. The third-order valence-electron chi connectivity index (χ3n) is 6.39. The number of anilines is 1. The zero-order chi connectivity index (χ0) is 24.1. The van der Waals surface area contributed by atoms with Crippen LogP contribution in [0.3, 0.4) is 0 Å². The van der Waals surface area contributed by atoms with Crippen LogP contribution in [0.2, 0.25) is 0 Å². The molecule has 0 aliphatic carbocycles. The topological polar surface area (TPSA) is 74.7 Å². The van der Waals surface area contributed by atoms with Crippen molar-refractivity contribution in [1.29, 1.82) is 0 Å². The summed E-state index contributed by atoms with van der Waals surface area (Å²) < 4.78 is 5.46. The molecular weight excluding hydrogens is 426 g/mol. The Kier molecular flexibility index (Phi) is 7.48. The second kappa shape index (κ2) is 10.7. The molecule has 1 saturated heterocycles. The summed E-state index contributed by atoms with van der Waals surface area (Å²) in [4.78, 5) is 20.5. The summed E-state index contributed by atoms with van der Waals surface area (Å²) in [6.45, 7) is 4.79. The van der Waals surface area contributed by atoms with E-state index in [-0.39, 0.29) is 18.6 Å². The standard InChI is InChI=1S/C28H33N3O3/c1-19-6-4-7-22(14-19)26-8-5-12-31(26)28(33)27(23-10-9-20(2)29-18-23)30-24-15-21(11-13-32)16-25(17-24)34-3/h4,6-7,9-10,14-18,26-27,30,32H,5,8,11-13H2,1-3H3. The molecule has 2 N–H and O–H groups in total. The Labute approximate surface area is 201 Å². The van der Waals surface area contributed by atoms with Crippen LogP contribution in [0.15, 0.2) is 60.8 Å². The maximum Gasteiger partial charge on any atom is 0.250 e. The number of rotatable bonds is 8. The Morgan fingerprint density at radius 1 is 1.21 bits per heavy atom. The van der Waals surface area contributed by atoms with Crippen molar-refractivity contribution in [3.05, 3.63) is 88.7 Å². The number of aryl methyl sites for hydroxylation is 2. The van der Waals surface area contributed by atoms with Gasteiger partial charge < -0.3 is 20.1 Å². The molecule has 0 saturated carbocycles. The minimum atomic E-state index is -0.590. The lowest BCUT2D eigenvalue weighted by atomic mass is 10.0. The zero-order valence-electron chi connectivity index (χ0n) is 20.1. The maximum atomic E-state index is 14.0. The Balaban J connectivity index is 1.68. The number of carbonyl (C=O) groups excluding carboxylic acids is 1. The van der Waals surface area contributed by atoms with Gasteiger partial charge in [0.1, 0.15) is 11.8 Å². The molecule has 1 fully saturated rings. The summed E-state index contributed by atoms with van der Waals surface area (Å²) in [5.74, 6) is 0.710. The van der Waals surface area contributed by atoms with E-state index in [0.29, 0.717) is 12.2 Å². The van der Waals surface area contributed by atoms with Crippen LogP contribution in [0.5, 0.6) is 5.75 Å². The van der Waals surface area contributed by atoms with Crippen LogP contribution in [-0.4, -0.2) is 41.2 Å².